The van der Waals surface area contributed by atoms with E-state index in [2.05, 4.69) is 42.3 Å². The largest absolute Gasteiger partial charge is 0.465 e. The fourth-order valence-corrected chi connectivity index (χ4v) is 3.53. The predicted molar refractivity (Wildman–Crippen MR) is 110 cm³/mol. The molecule has 1 heterocycles. The molecule has 0 bridgehead atoms. The average molecular weight is 381 g/mol. The maximum Gasteiger partial charge on any atom is 0.405 e. The summed E-state index contributed by atoms with van der Waals surface area (Å²) in [6.07, 6.45) is -0.999. The molecule has 0 aliphatic carbocycles. The lowest BCUT2D eigenvalue weighted by Crippen LogP contribution is -2.49. The smallest absolute Gasteiger partial charge is 0.405 e. The Morgan fingerprint density at radius 1 is 1.00 bits per heavy atom. The highest BCUT2D eigenvalue weighted by Crippen LogP contribution is 2.22. The second-order valence-corrected chi connectivity index (χ2v) is 7.25. The van der Waals surface area contributed by atoms with Gasteiger partial charge in [-0.1, -0.05) is 36.4 Å². The molecule has 1 fully saturated rings. The Hall–Kier alpha value is -3.02. The Kier molecular flexibility index (Phi) is 6.19. The van der Waals surface area contributed by atoms with Crippen molar-refractivity contribution >= 4 is 17.7 Å². The number of aryl methyl sites for hydroxylation is 2. The van der Waals surface area contributed by atoms with E-state index < -0.39 is 12.1 Å². The molecule has 0 saturated carbocycles. The number of carboxylic acid groups (broad SMARTS) is 1. The third-order valence-electron chi connectivity index (χ3n) is 5.37. The number of anilines is 1. The third-order valence-corrected chi connectivity index (χ3v) is 5.37. The summed E-state index contributed by atoms with van der Waals surface area (Å²) in [4.78, 5) is 28.1. The Morgan fingerprint density at radius 2 is 1.68 bits per heavy atom. The number of nitrogens with zero attached hydrogens (tertiary/aromatic N) is 2. The topological polar surface area (TPSA) is 72.9 Å². The summed E-state index contributed by atoms with van der Waals surface area (Å²) in [6, 6.07) is 15.1. The van der Waals surface area contributed by atoms with E-state index in [4.69, 9.17) is 5.11 Å². The molecule has 2 N–H and O–H groups in total. The maximum absolute atomic E-state index is 12.8. The van der Waals surface area contributed by atoms with E-state index >= 15 is 0 Å². The zero-order chi connectivity index (χ0) is 20.1. The number of hydrogen-bond acceptors (Lipinski definition) is 3. The van der Waals surface area contributed by atoms with Crippen LogP contribution in [0.2, 0.25) is 0 Å². The van der Waals surface area contributed by atoms with Gasteiger partial charge in [-0.05, 0) is 42.7 Å². The summed E-state index contributed by atoms with van der Waals surface area (Å²) in [6.45, 7) is 7.04. The zero-order valence-electron chi connectivity index (χ0n) is 16.4. The number of carbonyl (C=O) groups is 2. The minimum absolute atomic E-state index is 0.0256. The van der Waals surface area contributed by atoms with Crippen molar-refractivity contribution in [3.05, 3.63) is 65.2 Å². The standard InChI is InChI=1S/C22H27N3O3/c1-16-8-9-19(14-17(16)2)24-10-12-25(13-11-24)21(26)15-20(23-22(27)28)18-6-4-3-5-7-18/h3-9,14,20,23H,10-13,15H2,1-2H3,(H,27,28). The molecular formula is C22H27N3O3. The van der Waals surface area contributed by atoms with Crippen molar-refractivity contribution in [1.29, 1.82) is 0 Å². The summed E-state index contributed by atoms with van der Waals surface area (Å²) in [5.41, 5.74) is 4.52. The van der Waals surface area contributed by atoms with Gasteiger partial charge >= 0.3 is 6.09 Å². The number of benzene rings is 2. The molecule has 0 spiro atoms. The van der Waals surface area contributed by atoms with Crippen LogP contribution in [-0.2, 0) is 4.79 Å². The molecule has 148 valence electrons. The first-order valence-electron chi connectivity index (χ1n) is 9.58. The van der Waals surface area contributed by atoms with E-state index in [1.54, 1.807) is 0 Å². The van der Waals surface area contributed by atoms with Crippen molar-refractivity contribution in [1.82, 2.24) is 10.2 Å². The van der Waals surface area contributed by atoms with Crippen molar-refractivity contribution in [3.8, 4) is 0 Å². The van der Waals surface area contributed by atoms with Gasteiger partial charge < -0.3 is 20.2 Å². The second-order valence-electron chi connectivity index (χ2n) is 7.25. The number of hydrogen-bond donors (Lipinski definition) is 2. The van der Waals surface area contributed by atoms with Crippen molar-refractivity contribution in [2.75, 3.05) is 31.1 Å². The molecule has 3 rings (SSSR count). The highest BCUT2D eigenvalue weighted by molar-refractivity contribution is 5.78. The van der Waals surface area contributed by atoms with E-state index in [0.29, 0.717) is 13.1 Å². The third kappa shape index (κ3) is 4.82. The lowest BCUT2D eigenvalue weighted by Gasteiger charge is -2.37. The SMILES string of the molecule is Cc1ccc(N2CCN(C(=O)CC(NC(=O)O)c3ccccc3)CC2)cc1C. The molecule has 0 aromatic heterocycles. The molecular weight excluding hydrogens is 354 g/mol. The van der Waals surface area contributed by atoms with Gasteiger partial charge in [-0.2, -0.15) is 0 Å². The first-order chi connectivity index (χ1) is 13.4. The molecule has 1 unspecified atom stereocenters. The summed E-state index contributed by atoms with van der Waals surface area (Å²) < 4.78 is 0. The van der Waals surface area contributed by atoms with E-state index in [0.717, 1.165) is 18.7 Å². The Morgan fingerprint density at radius 3 is 2.29 bits per heavy atom. The number of carbonyl (C=O) groups excluding carboxylic acids is 1. The van der Waals surface area contributed by atoms with Crippen molar-refractivity contribution < 1.29 is 14.7 Å². The van der Waals surface area contributed by atoms with Gasteiger partial charge in [-0.25, -0.2) is 4.79 Å². The molecule has 1 aliphatic rings. The predicted octanol–water partition coefficient (Wildman–Crippen LogP) is 3.35. The fraction of sp³-hybridized carbons (Fsp3) is 0.364. The van der Waals surface area contributed by atoms with Gasteiger partial charge in [0.05, 0.1) is 12.5 Å². The molecule has 6 heteroatoms. The number of amides is 2. The van der Waals surface area contributed by atoms with E-state index in [-0.39, 0.29) is 12.3 Å². The first kappa shape index (κ1) is 19.7. The molecule has 6 nitrogen and oxygen atoms in total. The average Bonchev–Trinajstić information content (AvgIpc) is 2.70. The maximum atomic E-state index is 12.8. The van der Waals surface area contributed by atoms with Crippen LogP contribution in [0.3, 0.4) is 0 Å². The molecule has 2 amide bonds. The van der Waals surface area contributed by atoms with Crippen LogP contribution in [0.25, 0.3) is 0 Å². The van der Waals surface area contributed by atoms with Gasteiger partial charge in [0, 0.05) is 31.9 Å². The van der Waals surface area contributed by atoms with Crippen LogP contribution in [0.5, 0.6) is 0 Å². The number of nitrogens with one attached hydrogen (secondary N) is 1. The monoisotopic (exact) mass is 381 g/mol. The van der Waals surface area contributed by atoms with E-state index in [9.17, 15) is 9.59 Å². The first-order valence-corrected chi connectivity index (χ1v) is 9.58. The Balaban J connectivity index is 1.60. The van der Waals surface area contributed by atoms with Crippen LogP contribution < -0.4 is 10.2 Å². The van der Waals surface area contributed by atoms with Gasteiger partial charge in [0.2, 0.25) is 5.91 Å². The normalized spacial score (nSPS) is 15.2. The molecule has 1 atom stereocenters. The minimum Gasteiger partial charge on any atom is -0.465 e. The van der Waals surface area contributed by atoms with Crippen LogP contribution in [0.15, 0.2) is 48.5 Å². The van der Waals surface area contributed by atoms with Crippen molar-refractivity contribution in [3.63, 3.8) is 0 Å². The number of rotatable bonds is 5. The van der Waals surface area contributed by atoms with Crippen LogP contribution in [0.4, 0.5) is 10.5 Å². The van der Waals surface area contributed by atoms with Gasteiger partial charge in [-0.15, -0.1) is 0 Å². The van der Waals surface area contributed by atoms with Crippen LogP contribution in [0.1, 0.15) is 29.2 Å². The van der Waals surface area contributed by atoms with Crippen molar-refractivity contribution in [2.45, 2.75) is 26.3 Å². The summed E-state index contributed by atoms with van der Waals surface area (Å²) in [5.74, 6) is -0.0256. The van der Waals surface area contributed by atoms with Gasteiger partial charge in [0.15, 0.2) is 0 Å². The highest BCUT2D eigenvalue weighted by atomic mass is 16.4. The fourth-order valence-electron chi connectivity index (χ4n) is 3.53. The lowest BCUT2D eigenvalue weighted by molar-refractivity contribution is -0.132. The molecule has 1 aliphatic heterocycles. The van der Waals surface area contributed by atoms with Gasteiger partial charge in [0.1, 0.15) is 0 Å². The highest BCUT2D eigenvalue weighted by Gasteiger charge is 2.25. The summed E-state index contributed by atoms with van der Waals surface area (Å²) in [5, 5.41) is 11.6. The molecule has 1 saturated heterocycles. The van der Waals surface area contributed by atoms with Gasteiger partial charge in [0.25, 0.3) is 0 Å². The minimum atomic E-state index is -1.12. The number of piperazine rings is 1. The molecule has 0 radical (unpaired) electrons. The van der Waals surface area contributed by atoms with E-state index in [1.165, 1.54) is 16.8 Å². The van der Waals surface area contributed by atoms with Crippen LogP contribution >= 0.6 is 0 Å². The molecule has 2 aromatic carbocycles. The van der Waals surface area contributed by atoms with Crippen LogP contribution in [0, 0.1) is 13.8 Å². The summed E-state index contributed by atoms with van der Waals surface area (Å²) >= 11 is 0. The zero-order valence-corrected chi connectivity index (χ0v) is 16.4. The second kappa shape index (κ2) is 8.78. The quantitative estimate of drug-likeness (QED) is 0.833. The van der Waals surface area contributed by atoms with Gasteiger partial charge in [-0.3, -0.25) is 4.79 Å². The van der Waals surface area contributed by atoms with Crippen molar-refractivity contribution in [2.24, 2.45) is 0 Å². The lowest BCUT2D eigenvalue weighted by atomic mass is 10.0. The Bertz CT molecular complexity index is 830. The molecule has 28 heavy (non-hydrogen) atoms. The Labute approximate surface area is 165 Å². The van der Waals surface area contributed by atoms with E-state index in [1.807, 2.05) is 35.2 Å². The summed E-state index contributed by atoms with van der Waals surface area (Å²) in [7, 11) is 0. The van der Waals surface area contributed by atoms with Crippen LogP contribution in [-0.4, -0.2) is 48.2 Å². The molecule has 2 aromatic rings.